The number of aliphatic hydroxyl groups is 1. The summed E-state index contributed by atoms with van der Waals surface area (Å²) in [6.07, 6.45) is 3.43. The highest BCUT2D eigenvalue weighted by atomic mass is 16.7. The molecule has 124 valence electrons. The minimum atomic E-state index is -0.641. The summed E-state index contributed by atoms with van der Waals surface area (Å²) in [7, 11) is 0. The SMILES string of the molecule is CCN(/[N+]([O-])=N/OC1CCC(C(C)(C)O)CC1)C(C)(C)C. The van der Waals surface area contributed by atoms with Gasteiger partial charge in [0.25, 0.3) is 0 Å². The van der Waals surface area contributed by atoms with E-state index in [1.165, 1.54) is 0 Å². The maximum Gasteiger partial charge on any atom is 0.233 e. The van der Waals surface area contributed by atoms with E-state index in [1.807, 2.05) is 41.5 Å². The Labute approximate surface area is 128 Å². The molecule has 1 N–H and O–H groups in total. The zero-order chi connectivity index (χ0) is 16.3. The van der Waals surface area contributed by atoms with Crippen LogP contribution in [0.5, 0.6) is 0 Å². The lowest BCUT2D eigenvalue weighted by Gasteiger charge is -2.34. The van der Waals surface area contributed by atoms with Gasteiger partial charge in [-0.3, -0.25) is 0 Å². The number of nitrogens with zero attached hydrogens (tertiary/aromatic N) is 3. The first-order valence-corrected chi connectivity index (χ1v) is 7.89. The molecule has 0 heterocycles. The van der Waals surface area contributed by atoms with E-state index in [2.05, 4.69) is 5.28 Å². The van der Waals surface area contributed by atoms with Crippen molar-refractivity contribution in [2.75, 3.05) is 6.54 Å². The van der Waals surface area contributed by atoms with Crippen molar-refractivity contribution < 1.29 is 14.9 Å². The van der Waals surface area contributed by atoms with Crippen LogP contribution in [0.1, 0.15) is 67.2 Å². The summed E-state index contributed by atoms with van der Waals surface area (Å²) >= 11 is 0. The topological polar surface area (TPSA) is 71.1 Å². The number of hydrogen-bond acceptors (Lipinski definition) is 4. The molecule has 0 atom stereocenters. The van der Waals surface area contributed by atoms with Gasteiger partial charge in [-0.05, 0) is 73.1 Å². The van der Waals surface area contributed by atoms with Crippen molar-refractivity contribution in [3.05, 3.63) is 5.21 Å². The van der Waals surface area contributed by atoms with E-state index in [1.54, 1.807) is 5.01 Å². The molecule has 6 heteroatoms. The van der Waals surface area contributed by atoms with Crippen LogP contribution in [-0.4, -0.2) is 38.9 Å². The highest BCUT2D eigenvalue weighted by Gasteiger charge is 2.33. The normalized spacial score (nSPS) is 24.8. The fourth-order valence-electron chi connectivity index (χ4n) is 2.88. The van der Waals surface area contributed by atoms with Gasteiger partial charge in [0.2, 0.25) is 5.28 Å². The minimum absolute atomic E-state index is 0.0290. The summed E-state index contributed by atoms with van der Waals surface area (Å²) < 4.78 is 0. The molecule has 0 aromatic heterocycles. The van der Waals surface area contributed by atoms with Gasteiger partial charge in [0.1, 0.15) is 6.10 Å². The van der Waals surface area contributed by atoms with Gasteiger partial charge >= 0.3 is 0 Å². The maximum absolute atomic E-state index is 12.0. The third-order valence-electron chi connectivity index (χ3n) is 4.22. The van der Waals surface area contributed by atoms with Crippen LogP contribution >= 0.6 is 0 Å². The Kier molecular flexibility index (Phi) is 5.84. The molecule has 0 aromatic carbocycles. The molecule has 0 amide bonds. The van der Waals surface area contributed by atoms with E-state index in [-0.39, 0.29) is 11.6 Å². The first-order chi connectivity index (χ1) is 9.55. The molecular weight excluding hydrogens is 270 g/mol. The predicted octanol–water partition coefficient (Wildman–Crippen LogP) is 3.25. The summed E-state index contributed by atoms with van der Waals surface area (Å²) in [5, 5.41) is 27.3. The Balaban J connectivity index is 2.51. The Hall–Kier alpha value is -1.04. The second-order valence-corrected chi connectivity index (χ2v) is 7.45. The molecule has 1 fully saturated rings. The fourth-order valence-corrected chi connectivity index (χ4v) is 2.88. The quantitative estimate of drug-likeness (QED) is 0.481. The fraction of sp³-hybridized carbons (Fsp3) is 1.00. The van der Waals surface area contributed by atoms with Gasteiger partial charge in [0, 0.05) is 0 Å². The smallest absolute Gasteiger partial charge is 0.233 e. The summed E-state index contributed by atoms with van der Waals surface area (Å²) in [5.74, 6) is 0.294. The van der Waals surface area contributed by atoms with Crippen LogP contribution in [0.15, 0.2) is 5.28 Å². The Bertz CT molecular complexity index is 350. The molecule has 21 heavy (non-hydrogen) atoms. The van der Waals surface area contributed by atoms with Crippen molar-refractivity contribution in [1.82, 2.24) is 5.01 Å². The van der Waals surface area contributed by atoms with Gasteiger partial charge in [0.15, 0.2) is 0 Å². The Morgan fingerprint density at radius 1 is 1.19 bits per heavy atom. The lowest BCUT2D eigenvalue weighted by molar-refractivity contribution is -0.725. The molecule has 0 unspecified atom stereocenters. The Morgan fingerprint density at radius 3 is 2.10 bits per heavy atom. The largest absolute Gasteiger partial charge is 0.569 e. The molecular formula is C15H31N3O3. The molecule has 1 aliphatic carbocycles. The van der Waals surface area contributed by atoms with Gasteiger partial charge in [-0.2, -0.15) is 0 Å². The molecule has 1 aliphatic rings. The molecule has 1 rings (SSSR count). The van der Waals surface area contributed by atoms with Crippen molar-refractivity contribution in [2.45, 2.75) is 84.5 Å². The van der Waals surface area contributed by atoms with Gasteiger partial charge in [0.05, 0.1) is 22.7 Å². The van der Waals surface area contributed by atoms with E-state index in [9.17, 15) is 10.3 Å². The highest BCUT2D eigenvalue weighted by Crippen LogP contribution is 2.33. The molecule has 0 radical (unpaired) electrons. The van der Waals surface area contributed by atoms with E-state index < -0.39 is 5.60 Å². The van der Waals surface area contributed by atoms with Crippen LogP contribution in [0, 0.1) is 11.1 Å². The van der Waals surface area contributed by atoms with Crippen molar-refractivity contribution in [2.24, 2.45) is 11.2 Å². The van der Waals surface area contributed by atoms with Crippen molar-refractivity contribution in [3.63, 3.8) is 0 Å². The zero-order valence-electron chi connectivity index (χ0n) is 14.3. The lowest BCUT2D eigenvalue weighted by Crippen LogP contribution is -2.45. The molecule has 0 aliphatic heterocycles. The molecule has 1 saturated carbocycles. The number of hydrogen-bond donors (Lipinski definition) is 1. The van der Waals surface area contributed by atoms with E-state index >= 15 is 0 Å². The summed E-state index contributed by atoms with van der Waals surface area (Å²) in [6, 6.07) is 0. The van der Waals surface area contributed by atoms with Gasteiger partial charge in [-0.1, -0.05) is 0 Å². The zero-order valence-corrected chi connectivity index (χ0v) is 14.3. The number of rotatable bonds is 5. The van der Waals surface area contributed by atoms with Crippen LogP contribution in [0.3, 0.4) is 0 Å². The van der Waals surface area contributed by atoms with Gasteiger partial charge < -0.3 is 15.2 Å². The third kappa shape index (κ3) is 5.34. The third-order valence-corrected chi connectivity index (χ3v) is 4.22. The second kappa shape index (κ2) is 6.81. The summed E-state index contributed by atoms with van der Waals surface area (Å²) in [4.78, 5) is 5.96. The molecule has 0 spiro atoms. The van der Waals surface area contributed by atoms with Crippen molar-refractivity contribution in [3.8, 4) is 0 Å². The van der Waals surface area contributed by atoms with Gasteiger partial charge in [-0.15, -0.1) is 5.01 Å². The second-order valence-electron chi connectivity index (χ2n) is 7.45. The summed E-state index contributed by atoms with van der Waals surface area (Å²) in [6.45, 7) is 12.1. The molecule has 6 nitrogen and oxygen atoms in total. The lowest BCUT2D eigenvalue weighted by atomic mass is 9.78. The minimum Gasteiger partial charge on any atom is -0.569 e. The van der Waals surface area contributed by atoms with Crippen molar-refractivity contribution in [1.29, 1.82) is 0 Å². The van der Waals surface area contributed by atoms with E-state index in [0.717, 1.165) is 25.7 Å². The van der Waals surface area contributed by atoms with Crippen LogP contribution in [-0.2, 0) is 4.84 Å². The molecule has 0 saturated heterocycles. The monoisotopic (exact) mass is 301 g/mol. The maximum atomic E-state index is 12.0. The Morgan fingerprint density at radius 2 is 1.71 bits per heavy atom. The van der Waals surface area contributed by atoms with E-state index in [4.69, 9.17) is 4.84 Å². The molecule has 0 bridgehead atoms. The van der Waals surface area contributed by atoms with Gasteiger partial charge in [-0.25, -0.2) is 0 Å². The first kappa shape index (κ1) is 18.0. The summed E-state index contributed by atoms with van der Waals surface area (Å²) in [5.41, 5.74) is -0.931. The van der Waals surface area contributed by atoms with Crippen LogP contribution in [0.4, 0.5) is 0 Å². The van der Waals surface area contributed by atoms with Crippen LogP contribution in [0.2, 0.25) is 0 Å². The average molecular weight is 301 g/mol. The van der Waals surface area contributed by atoms with Crippen molar-refractivity contribution >= 4 is 0 Å². The van der Waals surface area contributed by atoms with Crippen LogP contribution in [0.25, 0.3) is 0 Å². The standard InChI is InChI=1S/C15H31N3O3/c1-7-17(14(2,3)4)18(20)16-21-13-10-8-12(9-11-13)15(5,6)19/h12-13,19H,7-11H2,1-6H3/b18-16-. The predicted molar refractivity (Wildman–Crippen MR) is 81.3 cm³/mol. The average Bonchev–Trinajstić information content (AvgIpc) is 2.35. The molecule has 0 aromatic rings. The highest BCUT2D eigenvalue weighted by molar-refractivity contribution is 4.82. The van der Waals surface area contributed by atoms with E-state index in [0.29, 0.717) is 17.4 Å². The van der Waals surface area contributed by atoms with Crippen LogP contribution < -0.4 is 0 Å². The first-order valence-electron chi connectivity index (χ1n) is 7.89. The number of hydrazine groups is 1.